The van der Waals surface area contributed by atoms with Gasteiger partial charge in [-0.1, -0.05) is 6.07 Å². The van der Waals surface area contributed by atoms with Crippen LogP contribution in [-0.4, -0.2) is 25.2 Å². The Morgan fingerprint density at radius 3 is 1.59 bits per heavy atom. The summed E-state index contributed by atoms with van der Waals surface area (Å²) in [4.78, 5) is 13.3. The first-order chi connectivity index (χ1) is 15.7. The van der Waals surface area contributed by atoms with Crippen molar-refractivity contribution in [3.63, 3.8) is 0 Å². The number of hydrogen-bond donors (Lipinski definition) is 4. The third-order valence-corrected chi connectivity index (χ3v) is 5.28. The van der Waals surface area contributed by atoms with Crippen molar-refractivity contribution in [1.29, 1.82) is 0 Å². The second-order valence-electron chi connectivity index (χ2n) is 7.39. The second kappa shape index (κ2) is 8.39. The molecule has 7 nitrogen and oxygen atoms in total. The van der Waals surface area contributed by atoms with Gasteiger partial charge in [-0.2, -0.15) is 0 Å². The third-order valence-electron chi connectivity index (χ3n) is 5.28. The quantitative estimate of drug-likeness (QED) is 0.291. The number of aromatic nitrogens is 3. The third kappa shape index (κ3) is 3.83. The number of nitrogens with zero attached hydrogens (tertiary/aromatic N) is 3. The molecular weight excluding hydrogens is 402 g/mol. The summed E-state index contributed by atoms with van der Waals surface area (Å²) in [6.07, 6.45) is 3.33. The van der Waals surface area contributed by atoms with Crippen molar-refractivity contribution in [1.82, 2.24) is 15.0 Å². The van der Waals surface area contributed by atoms with Gasteiger partial charge in [0.1, 0.15) is 22.5 Å². The highest BCUT2D eigenvalue weighted by molar-refractivity contribution is 5.95. The number of nitrogens with one attached hydrogen (secondary N) is 2. The molecule has 7 heteroatoms. The summed E-state index contributed by atoms with van der Waals surface area (Å²) in [6, 6.07) is 20.4. The summed E-state index contributed by atoms with van der Waals surface area (Å²) in [5.74, 6) is 0.323. The number of fused-ring (bicyclic) bond motifs is 2. The average molecular weight is 423 g/mol. The Kier molecular flexibility index (Phi) is 5.13. The van der Waals surface area contributed by atoms with Gasteiger partial charge in [0.25, 0.3) is 0 Å². The lowest BCUT2D eigenvalue weighted by atomic mass is 10.1. The van der Waals surface area contributed by atoms with Crippen molar-refractivity contribution in [3.05, 3.63) is 90.5 Å². The highest BCUT2D eigenvalue weighted by Crippen LogP contribution is 2.30. The molecule has 32 heavy (non-hydrogen) atoms. The van der Waals surface area contributed by atoms with Crippen LogP contribution in [0.4, 0.5) is 11.4 Å². The smallest absolute Gasteiger partial charge is 0.141 e. The minimum Gasteiger partial charge on any atom is -0.506 e. The van der Waals surface area contributed by atoms with Gasteiger partial charge < -0.3 is 20.8 Å². The molecule has 0 unspecified atom stereocenters. The lowest BCUT2D eigenvalue weighted by Crippen LogP contribution is -2.07. The van der Waals surface area contributed by atoms with Crippen LogP contribution in [0, 0.1) is 0 Å². The molecule has 0 aliphatic carbocycles. The van der Waals surface area contributed by atoms with E-state index in [4.69, 9.17) is 4.98 Å². The first kappa shape index (κ1) is 19.6. The molecule has 0 radical (unpaired) electrons. The Hall–Kier alpha value is -4.39. The molecule has 0 fully saturated rings. The molecule has 0 atom stereocenters. The zero-order valence-corrected chi connectivity index (χ0v) is 17.2. The lowest BCUT2D eigenvalue weighted by molar-refractivity contribution is 0.480. The van der Waals surface area contributed by atoms with E-state index in [2.05, 4.69) is 20.6 Å². The van der Waals surface area contributed by atoms with Gasteiger partial charge in [0.05, 0.1) is 24.5 Å². The van der Waals surface area contributed by atoms with E-state index in [1.807, 2.05) is 54.6 Å². The fourth-order valence-corrected chi connectivity index (χ4v) is 3.72. The van der Waals surface area contributed by atoms with E-state index in [9.17, 15) is 10.2 Å². The molecule has 0 aliphatic heterocycles. The van der Waals surface area contributed by atoms with E-state index < -0.39 is 0 Å². The van der Waals surface area contributed by atoms with Gasteiger partial charge in [-0.15, -0.1) is 0 Å². The summed E-state index contributed by atoms with van der Waals surface area (Å²) in [5.41, 5.74) is 4.70. The maximum Gasteiger partial charge on any atom is 0.141 e. The number of rotatable bonds is 6. The summed E-state index contributed by atoms with van der Waals surface area (Å²) < 4.78 is 0. The predicted octanol–water partition coefficient (Wildman–Crippen LogP) is 4.81. The van der Waals surface area contributed by atoms with E-state index in [1.165, 1.54) is 0 Å². The zero-order chi connectivity index (χ0) is 21.9. The molecule has 0 saturated carbocycles. The van der Waals surface area contributed by atoms with Crippen molar-refractivity contribution < 1.29 is 10.2 Å². The average Bonchev–Trinajstić information content (AvgIpc) is 2.84. The van der Waals surface area contributed by atoms with Crippen LogP contribution in [0.25, 0.3) is 21.8 Å². The molecule has 0 saturated heterocycles. The minimum atomic E-state index is 0.161. The van der Waals surface area contributed by atoms with Crippen molar-refractivity contribution in [2.45, 2.75) is 13.1 Å². The standard InChI is InChI=1S/C25H21N5O2/c31-22-10-8-20(18-6-2-12-26-24(18)22)28-14-16-4-1-5-17(30-16)15-29-21-9-11-23(32)25-19(21)7-3-13-27-25/h1-13,28-29,31-32H,14-15H2. The van der Waals surface area contributed by atoms with Crippen molar-refractivity contribution in [2.24, 2.45) is 0 Å². The summed E-state index contributed by atoms with van der Waals surface area (Å²) in [6.45, 7) is 1.07. The number of hydrogen-bond acceptors (Lipinski definition) is 7. The number of anilines is 2. The molecule has 0 spiro atoms. The number of benzene rings is 2. The van der Waals surface area contributed by atoms with E-state index in [1.54, 1.807) is 24.5 Å². The Balaban J connectivity index is 1.31. The number of aromatic hydroxyl groups is 2. The monoisotopic (exact) mass is 423 g/mol. The van der Waals surface area contributed by atoms with Gasteiger partial charge in [-0.05, 0) is 60.7 Å². The molecule has 3 heterocycles. The van der Waals surface area contributed by atoms with Gasteiger partial charge in [-0.25, -0.2) is 0 Å². The van der Waals surface area contributed by atoms with Crippen LogP contribution in [0.3, 0.4) is 0 Å². The van der Waals surface area contributed by atoms with E-state index >= 15 is 0 Å². The van der Waals surface area contributed by atoms with Crippen LogP contribution >= 0.6 is 0 Å². The van der Waals surface area contributed by atoms with Crippen LogP contribution in [0.1, 0.15) is 11.4 Å². The SMILES string of the molecule is Oc1ccc(NCc2cccc(CNc3ccc(O)c4ncccc34)n2)c2cccnc12. The first-order valence-corrected chi connectivity index (χ1v) is 10.2. The fourth-order valence-electron chi connectivity index (χ4n) is 3.72. The van der Waals surface area contributed by atoms with Crippen LogP contribution in [0.15, 0.2) is 79.1 Å². The molecule has 2 aromatic carbocycles. The van der Waals surface area contributed by atoms with Crippen LogP contribution in [0.2, 0.25) is 0 Å². The number of pyridine rings is 3. The molecule has 5 rings (SSSR count). The second-order valence-corrected chi connectivity index (χ2v) is 7.39. The first-order valence-electron chi connectivity index (χ1n) is 10.2. The van der Waals surface area contributed by atoms with Gasteiger partial charge in [0, 0.05) is 34.5 Å². The molecule has 4 N–H and O–H groups in total. The van der Waals surface area contributed by atoms with Crippen LogP contribution < -0.4 is 10.6 Å². The molecule has 0 bridgehead atoms. The van der Waals surface area contributed by atoms with Crippen LogP contribution in [0.5, 0.6) is 11.5 Å². The largest absolute Gasteiger partial charge is 0.506 e. The molecular formula is C25H21N5O2. The number of phenolic OH excluding ortho intramolecular Hbond substituents is 2. The van der Waals surface area contributed by atoms with Crippen LogP contribution in [-0.2, 0) is 13.1 Å². The Morgan fingerprint density at radius 2 is 1.09 bits per heavy atom. The molecule has 5 aromatic rings. The summed E-state index contributed by atoms with van der Waals surface area (Å²) in [5, 5.41) is 28.6. The highest BCUT2D eigenvalue weighted by Gasteiger charge is 2.08. The van der Waals surface area contributed by atoms with Crippen molar-refractivity contribution in [3.8, 4) is 11.5 Å². The maximum absolute atomic E-state index is 10.0. The van der Waals surface area contributed by atoms with Gasteiger partial charge in [0.2, 0.25) is 0 Å². The van der Waals surface area contributed by atoms with Gasteiger partial charge >= 0.3 is 0 Å². The van der Waals surface area contributed by atoms with E-state index in [0.717, 1.165) is 33.5 Å². The van der Waals surface area contributed by atoms with Gasteiger partial charge in [0.15, 0.2) is 0 Å². The molecule has 0 amide bonds. The summed E-state index contributed by atoms with van der Waals surface area (Å²) >= 11 is 0. The Bertz CT molecular complexity index is 1320. The fraction of sp³-hybridized carbons (Fsp3) is 0.0800. The molecule has 158 valence electrons. The normalized spacial score (nSPS) is 11.0. The highest BCUT2D eigenvalue weighted by atomic mass is 16.3. The Morgan fingerprint density at radius 1 is 0.594 bits per heavy atom. The molecule has 3 aromatic heterocycles. The lowest BCUT2D eigenvalue weighted by Gasteiger charge is -2.12. The summed E-state index contributed by atoms with van der Waals surface area (Å²) in [7, 11) is 0. The van der Waals surface area contributed by atoms with Gasteiger partial charge in [-0.3, -0.25) is 15.0 Å². The topological polar surface area (TPSA) is 103 Å². The van der Waals surface area contributed by atoms with Crippen molar-refractivity contribution >= 4 is 33.2 Å². The van der Waals surface area contributed by atoms with E-state index in [0.29, 0.717) is 24.1 Å². The number of phenols is 2. The minimum absolute atomic E-state index is 0.161. The maximum atomic E-state index is 10.0. The van der Waals surface area contributed by atoms with E-state index in [-0.39, 0.29) is 11.5 Å². The molecule has 0 aliphatic rings. The zero-order valence-electron chi connectivity index (χ0n) is 17.2. The van der Waals surface area contributed by atoms with Crippen molar-refractivity contribution in [2.75, 3.05) is 10.6 Å². The predicted molar refractivity (Wildman–Crippen MR) is 126 cm³/mol. The Labute approximate surface area is 184 Å².